The summed E-state index contributed by atoms with van der Waals surface area (Å²) in [5.41, 5.74) is 0. The Bertz CT molecular complexity index is 389. The summed E-state index contributed by atoms with van der Waals surface area (Å²) in [5, 5.41) is 9.51. The molecule has 0 saturated heterocycles. The predicted octanol–water partition coefficient (Wildman–Crippen LogP) is 1.39. The van der Waals surface area contributed by atoms with Gasteiger partial charge in [0.25, 0.3) is 5.91 Å². The van der Waals surface area contributed by atoms with Crippen LogP contribution in [0.5, 0.6) is 0 Å². The highest BCUT2D eigenvalue weighted by atomic mass is 32.1. The molecule has 0 spiro atoms. The van der Waals surface area contributed by atoms with E-state index in [0.29, 0.717) is 11.4 Å². The maximum absolute atomic E-state index is 11.9. The second kappa shape index (κ2) is 5.60. The molecular weight excluding hydrogens is 228 g/mol. The third-order valence-electron chi connectivity index (χ3n) is 1.94. The first-order valence-corrected chi connectivity index (χ1v) is 5.79. The van der Waals surface area contributed by atoms with Crippen molar-refractivity contribution < 1.29 is 14.7 Å². The first kappa shape index (κ1) is 12.6. The predicted molar refractivity (Wildman–Crippen MR) is 60.7 cm³/mol. The molecule has 0 aromatic carbocycles. The van der Waals surface area contributed by atoms with E-state index in [0.717, 1.165) is 11.4 Å². The van der Waals surface area contributed by atoms with E-state index in [2.05, 4.69) is 4.98 Å². The summed E-state index contributed by atoms with van der Waals surface area (Å²) < 4.78 is 0. The van der Waals surface area contributed by atoms with Gasteiger partial charge in [0, 0.05) is 6.54 Å². The van der Waals surface area contributed by atoms with Gasteiger partial charge in [-0.05, 0) is 13.3 Å². The van der Waals surface area contributed by atoms with Crippen LogP contribution in [-0.2, 0) is 4.79 Å². The maximum Gasteiger partial charge on any atom is 0.323 e. The monoisotopic (exact) mass is 242 g/mol. The highest BCUT2D eigenvalue weighted by Crippen LogP contribution is 2.14. The Kier molecular flexibility index (Phi) is 4.42. The van der Waals surface area contributed by atoms with E-state index in [9.17, 15) is 9.59 Å². The molecule has 1 rings (SSSR count). The van der Waals surface area contributed by atoms with Gasteiger partial charge in [0.15, 0.2) is 0 Å². The number of rotatable bonds is 5. The van der Waals surface area contributed by atoms with Gasteiger partial charge in [-0.15, -0.1) is 11.3 Å². The van der Waals surface area contributed by atoms with Gasteiger partial charge in [-0.2, -0.15) is 0 Å². The zero-order valence-electron chi connectivity index (χ0n) is 9.27. The van der Waals surface area contributed by atoms with E-state index in [-0.39, 0.29) is 12.5 Å². The molecule has 16 heavy (non-hydrogen) atoms. The molecule has 1 aromatic heterocycles. The van der Waals surface area contributed by atoms with Gasteiger partial charge in [-0.25, -0.2) is 4.98 Å². The Labute approximate surface area is 97.7 Å². The van der Waals surface area contributed by atoms with Gasteiger partial charge in [0.1, 0.15) is 11.4 Å². The number of aromatic nitrogens is 1. The van der Waals surface area contributed by atoms with Crippen molar-refractivity contribution in [3.05, 3.63) is 16.1 Å². The first-order valence-electron chi connectivity index (χ1n) is 4.98. The molecule has 0 unspecified atom stereocenters. The number of carboxylic acids is 1. The molecule has 1 aromatic rings. The van der Waals surface area contributed by atoms with E-state index < -0.39 is 5.97 Å². The number of nitrogens with zero attached hydrogens (tertiary/aromatic N) is 2. The lowest BCUT2D eigenvalue weighted by atomic mass is 10.3. The maximum atomic E-state index is 11.9. The number of aryl methyl sites for hydroxylation is 1. The van der Waals surface area contributed by atoms with Crippen LogP contribution in [-0.4, -0.2) is 40.0 Å². The fourth-order valence-electron chi connectivity index (χ4n) is 1.30. The van der Waals surface area contributed by atoms with Crippen LogP contribution in [0.3, 0.4) is 0 Å². The minimum Gasteiger partial charge on any atom is -0.480 e. The number of carbonyl (C=O) groups excluding carboxylic acids is 1. The highest BCUT2D eigenvalue weighted by Gasteiger charge is 2.19. The molecule has 0 bridgehead atoms. The van der Waals surface area contributed by atoms with Crippen molar-refractivity contribution in [2.24, 2.45) is 0 Å². The quantitative estimate of drug-likeness (QED) is 0.847. The highest BCUT2D eigenvalue weighted by molar-refractivity contribution is 7.13. The summed E-state index contributed by atoms with van der Waals surface area (Å²) in [6, 6.07) is 0. The number of thiazole rings is 1. The molecule has 0 aliphatic rings. The fraction of sp³-hybridized carbons (Fsp3) is 0.500. The van der Waals surface area contributed by atoms with E-state index >= 15 is 0 Å². The van der Waals surface area contributed by atoms with E-state index in [4.69, 9.17) is 5.11 Å². The van der Waals surface area contributed by atoms with Crippen molar-refractivity contribution in [2.75, 3.05) is 13.1 Å². The molecule has 0 fully saturated rings. The Hall–Kier alpha value is -1.43. The largest absolute Gasteiger partial charge is 0.480 e. The molecule has 1 heterocycles. The zero-order valence-corrected chi connectivity index (χ0v) is 10.1. The smallest absolute Gasteiger partial charge is 0.323 e. The van der Waals surface area contributed by atoms with Gasteiger partial charge in [-0.1, -0.05) is 6.92 Å². The summed E-state index contributed by atoms with van der Waals surface area (Å²) >= 11 is 1.28. The van der Waals surface area contributed by atoms with Crippen LogP contribution in [0.15, 0.2) is 6.20 Å². The number of aliphatic carboxylic acids is 1. The van der Waals surface area contributed by atoms with Crippen LogP contribution in [0.2, 0.25) is 0 Å². The summed E-state index contributed by atoms with van der Waals surface area (Å²) in [7, 11) is 0. The summed E-state index contributed by atoms with van der Waals surface area (Å²) in [5.74, 6) is -1.25. The van der Waals surface area contributed by atoms with Crippen molar-refractivity contribution in [3.63, 3.8) is 0 Å². The third kappa shape index (κ3) is 3.30. The van der Waals surface area contributed by atoms with Crippen LogP contribution in [0.1, 0.15) is 28.0 Å². The lowest BCUT2D eigenvalue weighted by molar-refractivity contribution is -0.137. The van der Waals surface area contributed by atoms with Gasteiger partial charge in [0.2, 0.25) is 0 Å². The Morgan fingerprint density at radius 1 is 1.56 bits per heavy atom. The Morgan fingerprint density at radius 3 is 2.69 bits per heavy atom. The van der Waals surface area contributed by atoms with Crippen molar-refractivity contribution in [3.8, 4) is 0 Å². The SMILES string of the molecule is CCCN(CC(=O)O)C(=O)c1cnc(C)s1. The van der Waals surface area contributed by atoms with Crippen molar-refractivity contribution >= 4 is 23.2 Å². The minimum atomic E-state index is -0.997. The van der Waals surface area contributed by atoms with E-state index in [1.165, 1.54) is 22.4 Å². The second-order valence-electron chi connectivity index (χ2n) is 3.36. The van der Waals surface area contributed by atoms with Crippen LogP contribution < -0.4 is 0 Å². The Balaban J connectivity index is 2.78. The molecular formula is C10H14N2O3S. The normalized spacial score (nSPS) is 10.1. The lowest BCUT2D eigenvalue weighted by Crippen LogP contribution is -2.35. The van der Waals surface area contributed by atoms with Gasteiger partial charge < -0.3 is 10.0 Å². The average molecular weight is 242 g/mol. The molecule has 0 radical (unpaired) electrons. The molecule has 88 valence electrons. The molecule has 6 heteroatoms. The molecule has 0 saturated carbocycles. The summed E-state index contributed by atoms with van der Waals surface area (Å²) in [4.78, 5) is 28.3. The number of hydrogen-bond donors (Lipinski definition) is 1. The van der Waals surface area contributed by atoms with Gasteiger partial charge in [-0.3, -0.25) is 9.59 Å². The van der Waals surface area contributed by atoms with E-state index in [1.54, 1.807) is 0 Å². The number of hydrogen-bond acceptors (Lipinski definition) is 4. The number of amides is 1. The third-order valence-corrected chi connectivity index (χ3v) is 2.84. The van der Waals surface area contributed by atoms with Crippen molar-refractivity contribution in [1.29, 1.82) is 0 Å². The topological polar surface area (TPSA) is 70.5 Å². The lowest BCUT2D eigenvalue weighted by Gasteiger charge is -2.18. The van der Waals surface area contributed by atoms with Gasteiger partial charge in [0.05, 0.1) is 11.2 Å². The van der Waals surface area contributed by atoms with Crippen LogP contribution in [0.25, 0.3) is 0 Å². The fourth-order valence-corrected chi connectivity index (χ4v) is 2.05. The minimum absolute atomic E-state index is 0.255. The standard InChI is InChI=1S/C10H14N2O3S/c1-3-4-12(6-9(13)14)10(15)8-5-11-7(2)16-8/h5H,3-4,6H2,1-2H3,(H,13,14). The van der Waals surface area contributed by atoms with Crippen molar-refractivity contribution in [2.45, 2.75) is 20.3 Å². The molecule has 1 amide bonds. The van der Waals surface area contributed by atoms with Crippen molar-refractivity contribution in [1.82, 2.24) is 9.88 Å². The number of carbonyl (C=O) groups is 2. The molecule has 5 nitrogen and oxygen atoms in total. The summed E-state index contributed by atoms with van der Waals surface area (Å²) in [6.45, 7) is 3.90. The van der Waals surface area contributed by atoms with E-state index in [1.807, 2.05) is 13.8 Å². The van der Waals surface area contributed by atoms with Gasteiger partial charge >= 0.3 is 5.97 Å². The number of carboxylic acid groups (broad SMARTS) is 1. The Morgan fingerprint density at radius 2 is 2.25 bits per heavy atom. The molecule has 0 atom stereocenters. The summed E-state index contributed by atoms with van der Waals surface area (Å²) in [6.07, 6.45) is 2.23. The second-order valence-corrected chi connectivity index (χ2v) is 4.60. The van der Waals surface area contributed by atoms with Crippen LogP contribution in [0, 0.1) is 6.92 Å². The first-order chi connectivity index (χ1) is 7.54. The average Bonchev–Trinajstić information content (AvgIpc) is 2.62. The van der Waals surface area contributed by atoms with Crippen LogP contribution >= 0.6 is 11.3 Å². The molecule has 1 N–H and O–H groups in total. The molecule has 0 aliphatic heterocycles. The zero-order chi connectivity index (χ0) is 12.1. The molecule has 0 aliphatic carbocycles. The van der Waals surface area contributed by atoms with Crippen LogP contribution in [0.4, 0.5) is 0 Å².